The molecule has 2 nitrogen and oxygen atoms in total. The highest BCUT2D eigenvalue weighted by Crippen LogP contribution is 2.22. The molecule has 0 spiro atoms. The Kier molecular flexibility index (Phi) is 4.03. The molecule has 1 saturated heterocycles. The number of likely N-dealkylation sites (tertiary alicyclic amines) is 1. The smallest absolute Gasteiger partial charge is 0.236 e. The summed E-state index contributed by atoms with van der Waals surface area (Å²) in [5, 5.41) is 4.25. The van der Waals surface area contributed by atoms with E-state index in [0.29, 0.717) is 6.04 Å². The van der Waals surface area contributed by atoms with Crippen LogP contribution >= 0.6 is 27.3 Å². The number of alkyl halides is 1. The quantitative estimate of drug-likeness (QED) is 0.786. The van der Waals surface area contributed by atoms with Crippen LogP contribution in [-0.2, 0) is 11.2 Å². The van der Waals surface area contributed by atoms with Crippen molar-refractivity contribution in [1.29, 1.82) is 0 Å². The molecule has 1 aliphatic heterocycles. The van der Waals surface area contributed by atoms with Gasteiger partial charge >= 0.3 is 0 Å². The third-order valence-corrected chi connectivity index (χ3v) is 4.63. The molecular formula is C12H16BrNOS. The maximum atomic E-state index is 12.0. The molecule has 1 fully saturated rings. The third-order valence-electron chi connectivity index (χ3n) is 3.05. The van der Waals surface area contributed by atoms with Gasteiger partial charge in [-0.15, -0.1) is 0 Å². The van der Waals surface area contributed by atoms with E-state index in [9.17, 15) is 4.79 Å². The molecule has 0 bridgehead atoms. The van der Waals surface area contributed by atoms with Crippen LogP contribution in [-0.4, -0.2) is 28.2 Å². The van der Waals surface area contributed by atoms with Gasteiger partial charge in [0.1, 0.15) is 0 Å². The fourth-order valence-corrected chi connectivity index (χ4v) is 3.42. The summed E-state index contributed by atoms with van der Waals surface area (Å²) in [4.78, 5) is 14.0. The molecule has 0 aromatic carbocycles. The average Bonchev–Trinajstić information content (AvgIpc) is 2.74. The molecule has 4 heteroatoms. The van der Waals surface area contributed by atoms with Crippen molar-refractivity contribution >= 4 is 33.2 Å². The lowest BCUT2D eigenvalue weighted by atomic mass is 10.0. The number of thiophene rings is 1. The molecule has 0 N–H and O–H groups in total. The maximum Gasteiger partial charge on any atom is 0.236 e. The number of rotatable bonds is 3. The van der Waals surface area contributed by atoms with Gasteiger partial charge in [-0.2, -0.15) is 11.3 Å². The Bertz CT molecular complexity index is 352. The van der Waals surface area contributed by atoms with Gasteiger partial charge in [-0.25, -0.2) is 0 Å². The Morgan fingerprint density at radius 2 is 2.50 bits per heavy atom. The van der Waals surface area contributed by atoms with Gasteiger partial charge in [0.05, 0.1) is 4.83 Å². The Balaban J connectivity index is 1.98. The van der Waals surface area contributed by atoms with Gasteiger partial charge in [-0.3, -0.25) is 4.79 Å². The lowest BCUT2D eigenvalue weighted by Crippen LogP contribution is -2.47. The fraction of sp³-hybridized carbons (Fsp3) is 0.583. The van der Waals surface area contributed by atoms with E-state index in [1.165, 1.54) is 5.56 Å². The molecule has 2 atom stereocenters. The minimum Gasteiger partial charge on any atom is -0.339 e. The summed E-state index contributed by atoms with van der Waals surface area (Å²) in [6.07, 6.45) is 3.05. The molecular weight excluding hydrogens is 286 g/mol. The second-order valence-electron chi connectivity index (χ2n) is 4.33. The van der Waals surface area contributed by atoms with Crippen molar-refractivity contribution in [3.63, 3.8) is 0 Å². The number of carbonyl (C=O) groups excluding carboxylic acids is 1. The predicted octanol–water partition coefficient (Wildman–Crippen LogP) is 3.07. The first kappa shape index (κ1) is 12.1. The SMILES string of the molecule is CC(Cc1ccsc1)N1CCCC(Br)C1=O. The molecule has 88 valence electrons. The van der Waals surface area contributed by atoms with Crippen LogP contribution in [0.2, 0.25) is 0 Å². The Labute approximate surface area is 109 Å². The molecule has 2 unspecified atom stereocenters. The van der Waals surface area contributed by atoms with E-state index in [1.807, 2.05) is 4.90 Å². The Hall–Kier alpha value is -0.350. The van der Waals surface area contributed by atoms with E-state index in [-0.39, 0.29) is 10.7 Å². The lowest BCUT2D eigenvalue weighted by Gasteiger charge is -2.34. The largest absolute Gasteiger partial charge is 0.339 e. The minimum absolute atomic E-state index is 0.0335. The molecule has 0 radical (unpaired) electrons. The van der Waals surface area contributed by atoms with E-state index in [4.69, 9.17) is 0 Å². The standard InChI is InChI=1S/C12H16BrNOS/c1-9(7-10-4-6-16-8-10)14-5-2-3-11(13)12(14)15/h4,6,8-9,11H,2-3,5,7H2,1H3. The van der Waals surface area contributed by atoms with E-state index in [2.05, 4.69) is 39.7 Å². The average molecular weight is 302 g/mol. The van der Waals surface area contributed by atoms with Gasteiger partial charge in [-0.1, -0.05) is 15.9 Å². The lowest BCUT2D eigenvalue weighted by molar-refractivity contribution is -0.134. The monoisotopic (exact) mass is 301 g/mol. The molecule has 16 heavy (non-hydrogen) atoms. The third kappa shape index (κ3) is 2.66. The summed E-state index contributed by atoms with van der Waals surface area (Å²) in [5.41, 5.74) is 1.34. The van der Waals surface area contributed by atoms with Gasteiger partial charge in [0.15, 0.2) is 0 Å². The molecule has 1 amide bonds. The van der Waals surface area contributed by atoms with Crippen LogP contribution < -0.4 is 0 Å². The zero-order chi connectivity index (χ0) is 11.5. The van der Waals surface area contributed by atoms with Gasteiger partial charge in [-0.05, 0) is 48.6 Å². The molecule has 0 saturated carbocycles. The first-order chi connectivity index (χ1) is 7.68. The number of hydrogen-bond acceptors (Lipinski definition) is 2. The topological polar surface area (TPSA) is 20.3 Å². The van der Waals surface area contributed by atoms with Crippen LogP contribution in [0.4, 0.5) is 0 Å². The number of piperidine rings is 1. The number of hydrogen-bond donors (Lipinski definition) is 0. The van der Waals surface area contributed by atoms with Crippen LogP contribution in [0.5, 0.6) is 0 Å². The number of halogens is 1. The predicted molar refractivity (Wildman–Crippen MR) is 71.1 cm³/mol. The second-order valence-corrected chi connectivity index (χ2v) is 6.21. The molecule has 2 rings (SSSR count). The van der Waals surface area contributed by atoms with Crippen molar-refractivity contribution in [3.8, 4) is 0 Å². The summed E-state index contributed by atoms with van der Waals surface area (Å²) < 4.78 is 0. The Morgan fingerprint density at radius 1 is 1.69 bits per heavy atom. The minimum atomic E-state index is 0.0335. The second kappa shape index (κ2) is 5.32. The van der Waals surface area contributed by atoms with Crippen LogP contribution in [0.25, 0.3) is 0 Å². The fourth-order valence-electron chi connectivity index (χ4n) is 2.15. The summed E-state index contributed by atoms with van der Waals surface area (Å²) >= 11 is 5.17. The van der Waals surface area contributed by atoms with Crippen molar-refractivity contribution in [2.24, 2.45) is 0 Å². The molecule has 1 aliphatic rings. The van der Waals surface area contributed by atoms with Crippen molar-refractivity contribution < 1.29 is 4.79 Å². The summed E-state index contributed by atoms with van der Waals surface area (Å²) in [6.45, 7) is 3.05. The van der Waals surface area contributed by atoms with Gasteiger partial charge in [0, 0.05) is 12.6 Å². The zero-order valence-electron chi connectivity index (χ0n) is 9.36. The molecule has 0 aliphatic carbocycles. The first-order valence-corrected chi connectivity index (χ1v) is 7.50. The number of amides is 1. The van der Waals surface area contributed by atoms with Gasteiger partial charge in [0.25, 0.3) is 0 Å². The molecule has 1 aromatic rings. The highest BCUT2D eigenvalue weighted by Gasteiger charge is 2.29. The highest BCUT2D eigenvalue weighted by molar-refractivity contribution is 9.10. The van der Waals surface area contributed by atoms with Crippen LogP contribution in [0.15, 0.2) is 16.8 Å². The van der Waals surface area contributed by atoms with Crippen LogP contribution in [0, 0.1) is 0 Å². The first-order valence-electron chi connectivity index (χ1n) is 5.64. The van der Waals surface area contributed by atoms with Crippen molar-refractivity contribution in [2.45, 2.75) is 37.1 Å². The number of nitrogens with zero attached hydrogens (tertiary/aromatic N) is 1. The summed E-state index contributed by atoms with van der Waals surface area (Å²) in [7, 11) is 0. The summed E-state index contributed by atoms with van der Waals surface area (Å²) in [5.74, 6) is 0.258. The van der Waals surface area contributed by atoms with E-state index >= 15 is 0 Å². The molecule has 1 aromatic heterocycles. The Morgan fingerprint density at radius 3 is 3.19 bits per heavy atom. The van der Waals surface area contributed by atoms with Crippen molar-refractivity contribution in [2.75, 3.05) is 6.54 Å². The summed E-state index contributed by atoms with van der Waals surface area (Å²) in [6, 6.07) is 2.45. The molecule has 2 heterocycles. The normalized spacial score (nSPS) is 23.5. The van der Waals surface area contributed by atoms with Crippen LogP contribution in [0.3, 0.4) is 0 Å². The van der Waals surface area contributed by atoms with Crippen molar-refractivity contribution in [3.05, 3.63) is 22.4 Å². The maximum absolute atomic E-state index is 12.0. The van der Waals surface area contributed by atoms with Crippen LogP contribution in [0.1, 0.15) is 25.3 Å². The van der Waals surface area contributed by atoms with E-state index in [0.717, 1.165) is 25.8 Å². The van der Waals surface area contributed by atoms with Crippen molar-refractivity contribution in [1.82, 2.24) is 4.90 Å². The number of carbonyl (C=O) groups is 1. The van der Waals surface area contributed by atoms with Gasteiger partial charge in [0.2, 0.25) is 5.91 Å². The highest BCUT2D eigenvalue weighted by atomic mass is 79.9. The van der Waals surface area contributed by atoms with Gasteiger partial charge < -0.3 is 4.90 Å². The van der Waals surface area contributed by atoms with E-state index < -0.39 is 0 Å². The van der Waals surface area contributed by atoms with E-state index in [1.54, 1.807) is 11.3 Å². The zero-order valence-corrected chi connectivity index (χ0v) is 11.8.